The number of carbonyl (C=O) groups excluding carboxylic acids is 2. The van der Waals surface area contributed by atoms with Crippen LogP contribution in [-0.2, 0) is 4.79 Å². The highest BCUT2D eigenvalue weighted by Gasteiger charge is 2.16. The molecule has 0 radical (unpaired) electrons. The molecule has 0 aliphatic rings. The topological polar surface area (TPSA) is 96.5 Å². The van der Waals surface area contributed by atoms with E-state index in [1.165, 1.54) is 16.9 Å². The molecule has 9 heteroatoms. The number of amides is 3. The van der Waals surface area contributed by atoms with E-state index in [1.54, 1.807) is 12.0 Å². The average molecular weight is 468 g/mol. The molecule has 1 heterocycles. The molecule has 0 bridgehead atoms. The molecule has 0 fully saturated rings. The van der Waals surface area contributed by atoms with Crippen LogP contribution in [0.25, 0.3) is 10.6 Å². The summed E-state index contributed by atoms with van der Waals surface area (Å²) >= 11 is 1.29. The predicted molar refractivity (Wildman–Crippen MR) is 132 cm³/mol. The van der Waals surface area contributed by atoms with Gasteiger partial charge in [-0.25, -0.2) is 4.79 Å². The summed E-state index contributed by atoms with van der Waals surface area (Å²) in [5, 5.41) is 15.0. The lowest BCUT2D eigenvalue weighted by molar-refractivity contribution is -0.116. The molecule has 2 aromatic carbocycles. The molecule has 3 aromatic rings. The maximum atomic E-state index is 12.7. The van der Waals surface area contributed by atoms with Crippen LogP contribution in [0.1, 0.15) is 30.9 Å². The average Bonchev–Trinajstić information content (AvgIpc) is 3.27. The molecule has 0 saturated heterocycles. The SMILES string of the molecule is CCCN(CCC(=O)Nc1nnc(-c2ccc(OC)cc2)s1)C(=O)Nc1ccc(C)c(C)c1. The number of methoxy groups -OCH3 is 1. The summed E-state index contributed by atoms with van der Waals surface area (Å²) in [5.41, 5.74) is 3.92. The second-order valence-corrected chi connectivity index (χ2v) is 8.63. The summed E-state index contributed by atoms with van der Waals surface area (Å²) in [6.07, 6.45) is 0.960. The Morgan fingerprint density at radius 1 is 1.00 bits per heavy atom. The summed E-state index contributed by atoms with van der Waals surface area (Å²) in [5.74, 6) is 0.544. The lowest BCUT2D eigenvalue weighted by atomic mass is 10.1. The number of aromatic nitrogens is 2. The van der Waals surface area contributed by atoms with Gasteiger partial charge in [-0.15, -0.1) is 10.2 Å². The molecule has 0 aliphatic heterocycles. The Labute approximate surface area is 198 Å². The van der Waals surface area contributed by atoms with Gasteiger partial charge in [0, 0.05) is 30.8 Å². The molecule has 2 N–H and O–H groups in total. The Bertz CT molecular complexity index is 1100. The quantitative estimate of drug-likeness (QED) is 0.456. The van der Waals surface area contributed by atoms with Crippen molar-refractivity contribution in [1.29, 1.82) is 0 Å². The highest BCUT2D eigenvalue weighted by atomic mass is 32.1. The highest BCUT2D eigenvalue weighted by Crippen LogP contribution is 2.27. The molecular weight excluding hydrogens is 438 g/mol. The van der Waals surface area contributed by atoms with E-state index in [-0.39, 0.29) is 18.4 Å². The van der Waals surface area contributed by atoms with Crippen LogP contribution in [0, 0.1) is 13.8 Å². The zero-order valence-electron chi connectivity index (χ0n) is 19.3. The highest BCUT2D eigenvalue weighted by molar-refractivity contribution is 7.18. The minimum atomic E-state index is -0.217. The van der Waals surface area contributed by atoms with Crippen molar-refractivity contribution in [3.05, 3.63) is 53.6 Å². The van der Waals surface area contributed by atoms with Gasteiger partial charge in [0.05, 0.1) is 7.11 Å². The van der Waals surface area contributed by atoms with Crippen LogP contribution in [0.3, 0.4) is 0 Å². The van der Waals surface area contributed by atoms with E-state index in [0.29, 0.717) is 23.2 Å². The fourth-order valence-electron chi connectivity index (χ4n) is 3.15. The first-order chi connectivity index (χ1) is 15.9. The largest absolute Gasteiger partial charge is 0.497 e. The van der Waals surface area contributed by atoms with Crippen molar-refractivity contribution in [3.8, 4) is 16.3 Å². The lowest BCUT2D eigenvalue weighted by Crippen LogP contribution is -2.37. The van der Waals surface area contributed by atoms with Gasteiger partial charge in [-0.1, -0.05) is 24.3 Å². The number of nitrogens with zero attached hydrogens (tertiary/aromatic N) is 3. The van der Waals surface area contributed by atoms with Crippen LogP contribution in [0.5, 0.6) is 5.75 Å². The number of nitrogens with one attached hydrogen (secondary N) is 2. The maximum Gasteiger partial charge on any atom is 0.321 e. The van der Waals surface area contributed by atoms with Crippen molar-refractivity contribution >= 4 is 34.1 Å². The number of hydrogen-bond acceptors (Lipinski definition) is 6. The molecule has 174 valence electrons. The van der Waals surface area contributed by atoms with E-state index in [2.05, 4.69) is 20.8 Å². The molecular formula is C24H29N5O3S. The monoisotopic (exact) mass is 467 g/mol. The minimum Gasteiger partial charge on any atom is -0.497 e. The van der Waals surface area contributed by atoms with Gasteiger partial charge in [-0.2, -0.15) is 0 Å². The number of urea groups is 1. The number of rotatable bonds is 9. The molecule has 1 aromatic heterocycles. The van der Waals surface area contributed by atoms with Crippen LogP contribution in [-0.4, -0.2) is 47.2 Å². The van der Waals surface area contributed by atoms with Gasteiger partial charge in [-0.3, -0.25) is 4.79 Å². The maximum absolute atomic E-state index is 12.7. The van der Waals surface area contributed by atoms with Crippen molar-refractivity contribution in [1.82, 2.24) is 15.1 Å². The van der Waals surface area contributed by atoms with E-state index < -0.39 is 0 Å². The molecule has 8 nitrogen and oxygen atoms in total. The molecule has 3 amide bonds. The minimum absolute atomic E-state index is 0.164. The standard InChI is InChI=1S/C24H29N5O3S/c1-5-13-29(24(31)25-19-9-6-16(2)17(3)15-19)14-12-21(30)26-23-28-27-22(33-23)18-7-10-20(32-4)11-8-18/h6-11,15H,5,12-14H2,1-4H3,(H,25,31)(H,26,28,30). The molecule has 0 unspecified atom stereocenters. The number of ether oxygens (including phenoxy) is 1. The van der Waals surface area contributed by atoms with Gasteiger partial charge in [-0.05, 0) is 67.8 Å². The summed E-state index contributed by atoms with van der Waals surface area (Å²) in [7, 11) is 1.61. The summed E-state index contributed by atoms with van der Waals surface area (Å²) < 4.78 is 5.16. The number of carbonyl (C=O) groups is 2. The summed E-state index contributed by atoms with van der Waals surface area (Å²) in [4.78, 5) is 26.8. The normalized spacial score (nSPS) is 10.5. The lowest BCUT2D eigenvalue weighted by Gasteiger charge is -2.22. The number of aryl methyl sites for hydroxylation is 2. The van der Waals surface area contributed by atoms with Crippen molar-refractivity contribution in [2.75, 3.05) is 30.8 Å². The van der Waals surface area contributed by atoms with Gasteiger partial charge in [0.2, 0.25) is 11.0 Å². The first-order valence-electron chi connectivity index (χ1n) is 10.8. The first-order valence-corrected chi connectivity index (χ1v) is 11.6. The van der Waals surface area contributed by atoms with Gasteiger partial charge in [0.25, 0.3) is 0 Å². The number of benzene rings is 2. The first kappa shape index (κ1) is 24.2. The molecule has 0 spiro atoms. The van der Waals surface area contributed by atoms with Crippen LogP contribution in [0.4, 0.5) is 15.6 Å². The molecule has 0 aliphatic carbocycles. The Hall–Kier alpha value is -3.46. The third-order valence-corrected chi connectivity index (χ3v) is 6.04. The van der Waals surface area contributed by atoms with Crippen molar-refractivity contribution < 1.29 is 14.3 Å². The summed E-state index contributed by atoms with van der Waals surface area (Å²) in [6, 6.07) is 13.1. The summed E-state index contributed by atoms with van der Waals surface area (Å²) in [6.45, 7) is 6.90. The van der Waals surface area contributed by atoms with Gasteiger partial charge in [0.1, 0.15) is 10.8 Å². The Kier molecular flexibility index (Phi) is 8.37. The van der Waals surface area contributed by atoms with Gasteiger partial charge < -0.3 is 20.3 Å². The smallest absolute Gasteiger partial charge is 0.321 e. The van der Waals surface area contributed by atoms with Crippen LogP contribution >= 0.6 is 11.3 Å². The van der Waals surface area contributed by atoms with Crippen LogP contribution in [0.2, 0.25) is 0 Å². The van der Waals surface area contributed by atoms with Crippen molar-refractivity contribution in [2.24, 2.45) is 0 Å². The molecule has 0 atom stereocenters. The van der Waals surface area contributed by atoms with E-state index in [0.717, 1.165) is 29.0 Å². The Balaban J connectivity index is 1.54. The van der Waals surface area contributed by atoms with Gasteiger partial charge in [0.15, 0.2) is 0 Å². The van der Waals surface area contributed by atoms with E-state index in [4.69, 9.17) is 4.74 Å². The second-order valence-electron chi connectivity index (χ2n) is 7.66. The third-order valence-electron chi connectivity index (χ3n) is 5.16. The fourth-order valence-corrected chi connectivity index (χ4v) is 3.91. The van der Waals surface area contributed by atoms with Crippen LogP contribution in [0.15, 0.2) is 42.5 Å². The Morgan fingerprint density at radius 2 is 1.76 bits per heavy atom. The zero-order chi connectivity index (χ0) is 23.8. The fraction of sp³-hybridized carbons (Fsp3) is 0.333. The number of anilines is 2. The molecule has 3 rings (SSSR count). The van der Waals surface area contributed by atoms with Crippen LogP contribution < -0.4 is 15.4 Å². The number of hydrogen-bond donors (Lipinski definition) is 2. The second kappa shape index (κ2) is 11.4. The van der Waals surface area contributed by atoms with Gasteiger partial charge >= 0.3 is 6.03 Å². The van der Waals surface area contributed by atoms with Crippen molar-refractivity contribution in [3.63, 3.8) is 0 Å². The predicted octanol–water partition coefficient (Wildman–Crippen LogP) is 5.10. The Morgan fingerprint density at radius 3 is 2.42 bits per heavy atom. The molecule has 33 heavy (non-hydrogen) atoms. The van der Waals surface area contributed by atoms with E-state index in [1.807, 2.05) is 63.2 Å². The molecule has 0 saturated carbocycles. The third kappa shape index (κ3) is 6.76. The van der Waals surface area contributed by atoms with E-state index in [9.17, 15) is 9.59 Å². The van der Waals surface area contributed by atoms with E-state index >= 15 is 0 Å². The zero-order valence-corrected chi connectivity index (χ0v) is 20.2. The van der Waals surface area contributed by atoms with Crippen molar-refractivity contribution in [2.45, 2.75) is 33.6 Å².